The fourth-order valence-electron chi connectivity index (χ4n) is 1.69. The zero-order valence-corrected chi connectivity index (χ0v) is 12.7. The summed E-state index contributed by atoms with van der Waals surface area (Å²) in [7, 11) is 0. The topological polar surface area (TPSA) is 96.6 Å². The monoisotopic (exact) mass is 332 g/mol. The number of rotatable bonds is 6. The Morgan fingerprint density at radius 1 is 1.26 bits per heavy atom. The Hall–Kier alpha value is -2.93. The number of halogens is 1. The summed E-state index contributed by atoms with van der Waals surface area (Å²) in [4.78, 5) is 21.8. The number of carbonyl (C=O) groups is 1. The molecule has 7 nitrogen and oxygen atoms in total. The molecular weight excluding hydrogens is 320 g/mol. The highest BCUT2D eigenvalue weighted by atomic mass is 35.5. The molecule has 0 spiro atoms. The van der Waals surface area contributed by atoms with Gasteiger partial charge in [0.2, 0.25) is 0 Å². The van der Waals surface area contributed by atoms with Gasteiger partial charge in [-0.1, -0.05) is 23.7 Å². The third-order valence-corrected chi connectivity index (χ3v) is 3.03. The second kappa shape index (κ2) is 7.90. The van der Waals surface area contributed by atoms with Gasteiger partial charge in [0, 0.05) is 28.4 Å². The first-order valence-corrected chi connectivity index (χ1v) is 6.98. The van der Waals surface area contributed by atoms with E-state index in [-0.39, 0.29) is 18.1 Å². The van der Waals surface area contributed by atoms with Crippen LogP contribution in [0.15, 0.2) is 53.6 Å². The zero-order chi connectivity index (χ0) is 16.7. The van der Waals surface area contributed by atoms with Gasteiger partial charge in [0.05, 0.1) is 17.7 Å². The van der Waals surface area contributed by atoms with E-state index in [9.17, 15) is 14.9 Å². The van der Waals surface area contributed by atoms with Crippen molar-refractivity contribution in [2.24, 2.45) is 5.10 Å². The molecule has 8 heteroatoms. The molecule has 23 heavy (non-hydrogen) atoms. The Morgan fingerprint density at radius 3 is 2.70 bits per heavy atom. The number of anilines is 1. The lowest BCUT2D eigenvalue weighted by molar-refractivity contribution is -0.384. The van der Waals surface area contributed by atoms with Gasteiger partial charge in [0.1, 0.15) is 0 Å². The lowest BCUT2D eigenvalue weighted by Crippen LogP contribution is -2.25. The fourth-order valence-corrected chi connectivity index (χ4v) is 1.81. The Bertz CT molecular complexity index is 732. The highest BCUT2D eigenvalue weighted by Crippen LogP contribution is 2.13. The van der Waals surface area contributed by atoms with E-state index in [4.69, 9.17) is 11.6 Å². The van der Waals surface area contributed by atoms with Crippen LogP contribution in [-0.4, -0.2) is 23.6 Å². The molecule has 0 saturated carbocycles. The highest BCUT2D eigenvalue weighted by molar-refractivity contribution is 6.30. The van der Waals surface area contributed by atoms with Crippen molar-refractivity contribution in [3.8, 4) is 0 Å². The van der Waals surface area contributed by atoms with E-state index in [1.807, 2.05) is 0 Å². The van der Waals surface area contributed by atoms with Crippen LogP contribution in [0.3, 0.4) is 0 Å². The summed E-state index contributed by atoms with van der Waals surface area (Å²) in [5.74, 6) is -0.346. The van der Waals surface area contributed by atoms with Crippen LogP contribution in [0.4, 0.5) is 11.4 Å². The molecule has 1 amide bonds. The van der Waals surface area contributed by atoms with Crippen molar-refractivity contribution in [2.75, 3.05) is 11.9 Å². The molecule has 0 aromatic heterocycles. The Balaban J connectivity index is 1.83. The van der Waals surface area contributed by atoms with E-state index in [2.05, 4.69) is 15.8 Å². The molecule has 0 heterocycles. The number of hydrogen-bond donors (Lipinski definition) is 2. The van der Waals surface area contributed by atoms with Crippen LogP contribution in [0.1, 0.15) is 5.56 Å². The normalized spacial score (nSPS) is 10.5. The molecule has 0 aliphatic heterocycles. The van der Waals surface area contributed by atoms with E-state index in [1.54, 1.807) is 36.4 Å². The average molecular weight is 333 g/mol. The van der Waals surface area contributed by atoms with Gasteiger partial charge in [-0.25, -0.2) is 5.43 Å². The maximum atomic E-state index is 11.6. The molecule has 118 valence electrons. The maximum Gasteiger partial charge on any atom is 0.270 e. The third-order valence-electron chi connectivity index (χ3n) is 2.78. The number of amides is 1. The molecule has 0 unspecified atom stereocenters. The van der Waals surface area contributed by atoms with Crippen LogP contribution in [0.2, 0.25) is 5.02 Å². The van der Waals surface area contributed by atoms with E-state index < -0.39 is 4.92 Å². The molecule has 0 bridgehead atoms. The molecule has 0 radical (unpaired) electrons. The van der Waals surface area contributed by atoms with Gasteiger partial charge in [-0.3, -0.25) is 14.9 Å². The van der Waals surface area contributed by atoms with Crippen molar-refractivity contribution >= 4 is 35.1 Å². The van der Waals surface area contributed by atoms with Crippen molar-refractivity contribution in [1.82, 2.24) is 5.43 Å². The van der Waals surface area contributed by atoms with Crippen molar-refractivity contribution < 1.29 is 9.72 Å². The number of benzene rings is 2. The quantitative estimate of drug-likeness (QED) is 0.483. The Morgan fingerprint density at radius 2 is 2.00 bits per heavy atom. The van der Waals surface area contributed by atoms with Crippen molar-refractivity contribution in [2.45, 2.75) is 0 Å². The second-order valence-corrected chi connectivity index (χ2v) is 4.94. The summed E-state index contributed by atoms with van der Waals surface area (Å²) in [6.07, 6.45) is 1.34. The number of nitro groups is 1. The summed E-state index contributed by atoms with van der Waals surface area (Å²) in [5, 5.41) is 17.9. The molecule has 2 rings (SSSR count). The summed E-state index contributed by atoms with van der Waals surface area (Å²) in [6, 6.07) is 12.9. The number of non-ortho nitro benzene ring substituents is 1. The largest absolute Gasteiger partial charge is 0.376 e. The Labute approximate surface area is 137 Å². The number of nitrogens with zero attached hydrogens (tertiary/aromatic N) is 2. The lowest BCUT2D eigenvalue weighted by Gasteiger charge is -2.04. The number of nitro benzene ring substituents is 1. The Kier molecular flexibility index (Phi) is 5.65. The zero-order valence-electron chi connectivity index (χ0n) is 11.9. The van der Waals surface area contributed by atoms with Gasteiger partial charge >= 0.3 is 0 Å². The van der Waals surface area contributed by atoms with Gasteiger partial charge in [0.15, 0.2) is 0 Å². The molecule has 0 saturated heterocycles. The number of carbonyl (C=O) groups excluding carboxylic acids is 1. The maximum absolute atomic E-state index is 11.6. The molecular formula is C15H13ClN4O3. The molecule has 2 aromatic carbocycles. The van der Waals surface area contributed by atoms with Gasteiger partial charge in [-0.05, 0) is 24.3 Å². The van der Waals surface area contributed by atoms with E-state index >= 15 is 0 Å². The summed E-state index contributed by atoms with van der Waals surface area (Å²) in [6.45, 7) is 0.0356. The van der Waals surface area contributed by atoms with Crippen LogP contribution < -0.4 is 10.7 Å². The first-order chi connectivity index (χ1) is 11.0. The van der Waals surface area contributed by atoms with Gasteiger partial charge < -0.3 is 5.32 Å². The predicted octanol–water partition coefficient (Wildman–Crippen LogP) is 2.81. The molecule has 0 aliphatic rings. The number of nitrogens with one attached hydrogen (secondary N) is 2. The van der Waals surface area contributed by atoms with Crippen molar-refractivity contribution in [1.29, 1.82) is 0 Å². The van der Waals surface area contributed by atoms with Gasteiger partial charge in [0.25, 0.3) is 11.6 Å². The van der Waals surface area contributed by atoms with Crippen LogP contribution >= 0.6 is 11.6 Å². The molecule has 2 aromatic rings. The number of hydrazone groups is 1. The summed E-state index contributed by atoms with van der Waals surface area (Å²) < 4.78 is 0. The standard InChI is InChI=1S/C15H13ClN4O3/c16-12-4-6-13(7-5-12)17-10-15(21)19-18-9-11-2-1-3-14(8-11)20(22)23/h1-9,17H,10H2,(H,19,21)/b18-9+. The van der Waals surface area contributed by atoms with Crippen molar-refractivity contribution in [3.63, 3.8) is 0 Å². The van der Waals surface area contributed by atoms with E-state index in [0.29, 0.717) is 10.6 Å². The molecule has 0 fully saturated rings. The van der Waals surface area contributed by atoms with Crippen LogP contribution in [-0.2, 0) is 4.79 Å². The minimum absolute atomic E-state index is 0.0356. The summed E-state index contributed by atoms with van der Waals surface area (Å²) >= 11 is 5.76. The second-order valence-electron chi connectivity index (χ2n) is 4.51. The highest BCUT2D eigenvalue weighted by Gasteiger charge is 2.04. The molecule has 0 atom stereocenters. The summed E-state index contributed by atoms with van der Waals surface area (Å²) in [5.41, 5.74) is 3.57. The van der Waals surface area contributed by atoms with Crippen molar-refractivity contribution in [3.05, 3.63) is 69.2 Å². The predicted molar refractivity (Wildman–Crippen MR) is 88.8 cm³/mol. The first kappa shape index (κ1) is 16.4. The van der Waals surface area contributed by atoms with Crippen LogP contribution in [0.5, 0.6) is 0 Å². The van der Waals surface area contributed by atoms with Crippen LogP contribution in [0.25, 0.3) is 0 Å². The number of hydrogen-bond acceptors (Lipinski definition) is 5. The van der Waals surface area contributed by atoms with Crippen LogP contribution in [0, 0.1) is 10.1 Å². The smallest absolute Gasteiger partial charge is 0.270 e. The molecule has 2 N–H and O–H groups in total. The average Bonchev–Trinajstić information content (AvgIpc) is 2.54. The lowest BCUT2D eigenvalue weighted by atomic mass is 10.2. The first-order valence-electron chi connectivity index (χ1n) is 6.60. The minimum atomic E-state index is -0.494. The SMILES string of the molecule is O=C(CNc1ccc(Cl)cc1)N/N=C/c1cccc([N+](=O)[O-])c1. The van der Waals surface area contributed by atoms with E-state index in [0.717, 1.165) is 5.69 Å². The minimum Gasteiger partial charge on any atom is -0.376 e. The van der Waals surface area contributed by atoms with Gasteiger partial charge in [-0.15, -0.1) is 0 Å². The molecule has 0 aliphatic carbocycles. The third kappa shape index (κ3) is 5.40. The van der Waals surface area contributed by atoms with Gasteiger partial charge in [-0.2, -0.15) is 5.10 Å². The van der Waals surface area contributed by atoms with E-state index in [1.165, 1.54) is 18.3 Å². The fraction of sp³-hybridized carbons (Fsp3) is 0.0667.